The highest BCUT2D eigenvalue weighted by Gasteiger charge is 2.41. The van der Waals surface area contributed by atoms with Crippen molar-refractivity contribution in [3.63, 3.8) is 0 Å². The van der Waals surface area contributed by atoms with Gasteiger partial charge in [-0.25, -0.2) is 0 Å². The number of aromatic nitrogens is 2. The largest absolute Gasteiger partial charge is 0.355 e. The molecule has 7 rings (SSSR count). The van der Waals surface area contributed by atoms with Crippen molar-refractivity contribution in [3.05, 3.63) is 93.9 Å². The van der Waals surface area contributed by atoms with Crippen LogP contribution in [-0.2, 0) is 16.0 Å². The summed E-state index contributed by atoms with van der Waals surface area (Å²) in [6.45, 7) is 11.0. The van der Waals surface area contributed by atoms with Gasteiger partial charge in [0.15, 0.2) is 22.9 Å². The van der Waals surface area contributed by atoms with Crippen LogP contribution in [0.4, 0.5) is 0 Å². The predicted molar refractivity (Wildman–Crippen MR) is 215 cm³/mol. The molecule has 2 fully saturated rings. The summed E-state index contributed by atoms with van der Waals surface area (Å²) in [5.74, 6) is 0.516. The number of amides is 4. The van der Waals surface area contributed by atoms with Crippen molar-refractivity contribution in [3.8, 4) is 21.3 Å². The lowest BCUT2D eigenvalue weighted by Gasteiger charge is -2.40. The Morgan fingerprint density at radius 3 is 1.88 bits per heavy atom. The van der Waals surface area contributed by atoms with Gasteiger partial charge in [-0.05, 0) is 77.5 Å². The number of rotatable bonds is 13. The van der Waals surface area contributed by atoms with Crippen molar-refractivity contribution in [2.75, 3.05) is 13.1 Å². The Morgan fingerprint density at radius 2 is 1.30 bits per heavy atom. The van der Waals surface area contributed by atoms with E-state index in [1.165, 1.54) is 22.7 Å². The van der Waals surface area contributed by atoms with Gasteiger partial charge in [-0.3, -0.25) is 19.2 Å². The number of carbonyl (C=O) groups excluding carboxylic acids is 4. The van der Waals surface area contributed by atoms with Crippen molar-refractivity contribution in [2.24, 2.45) is 17.8 Å². The topological polar surface area (TPSA) is 151 Å². The lowest BCUT2D eigenvalue weighted by Crippen LogP contribution is -2.62. The van der Waals surface area contributed by atoms with Gasteiger partial charge in [0.1, 0.15) is 12.1 Å². The molecule has 56 heavy (non-hydrogen) atoms. The van der Waals surface area contributed by atoms with Gasteiger partial charge in [0, 0.05) is 31.3 Å². The summed E-state index contributed by atoms with van der Waals surface area (Å²) in [5, 5.41) is 18.4. The van der Waals surface area contributed by atoms with Crippen LogP contribution < -0.4 is 10.6 Å². The minimum absolute atomic E-state index is 0.0103. The van der Waals surface area contributed by atoms with Crippen LogP contribution in [-0.4, -0.2) is 75.0 Å². The van der Waals surface area contributed by atoms with Crippen LogP contribution in [0.2, 0.25) is 0 Å². The van der Waals surface area contributed by atoms with Crippen molar-refractivity contribution in [2.45, 2.75) is 84.5 Å². The Kier molecular flexibility index (Phi) is 11.9. The van der Waals surface area contributed by atoms with Crippen LogP contribution in [0, 0.1) is 17.8 Å². The SMILES string of the molecule is CC(C)C[C@H]1CN(C(=O)c2cc(-c3cccs3)on2)[C@@H](CC(C)Cc2cccc([C@H]3CN(C(=O)c4cc(-c5cccs5)on4)[C@@H](CC(C)C)C(=O)N3)c2)C(=O)N1. The van der Waals surface area contributed by atoms with E-state index in [1.807, 2.05) is 67.1 Å². The summed E-state index contributed by atoms with van der Waals surface area (Å²) in [6.07, 6.45) is 2.33. The normalized spacial score (nSPS) is 20.7. The monoisotopic (exact) mass is 796 g/mol. The third kappa shape index (κ3) is 8.81. The summed E-state index contributed by atoms with van der Waals surface area (Å²) in [4.78, 5) is 60.4. The zero-order valence-electron chi connectivity index (χ0n) is 32.3. The Hall–Kier alpha value is -5.08. The summed E-state index contributed by atoms with van der Waals surface area (Å²) >= 11 is 3.00. The summed E-state index contributed by atoms with van der Waals surface area (Å²) in [7, 11) is 0. The highest BCUT2D eigenvalue weighted by atomic mass is 32.1. The lowest BCUT2D eigenvalue weighted by molar-refractivity contribution is -0.130. The van der Waals surface area contributed by atoms with E-state index in [0.717, 1.165) is 27.3 Å². The molecule has 0 bridgehead atoms. The second kappa shape index (κ2) is 17.0. The predicted octanol–water partition coefficient (Wildman–Crippen LogP) is 7.47. The van der Waals surface area contributed by atoms with Crippen LogP contribution in [0.15, 0.2) is 80.5 Å². The molecule has 0 radical (unpaired) electrons. The van der Waals surface area contributed by atoms with Crippen LogP contribution in [0.5, 0.6) is 0 Å². The molecule has 1 unspecified atom stereocenters. The summed E-state index contributed by atoms with van der Waals surface area (Å²) in [6, 6.07) is 17.0. The van der Waals surface area contributed by atoms with E-state index in [0.29, 0.717) is 43.2 Å². The molecule has 2 N–H and O–H groups in total. The molecule has 2 aliphatic rings. The maximum atomic E-state index is 14.0. The molecule has 0 aliphatic carbocycles. The van der Waals surface area contributed by atoms with Crippen molar-refractivity contribution >= 4 is 46.3 Å². The van der Waals surface area contributed by atoms with Gasteiger partial charge in [0.05, 0.1) is 15.8 Å². The second-order valence-electron chi connectivity index (χ2n) is 15.9. The number of hydrogen-bond acceptors (Lipinski definition) is 10. The molecule has 294 valence electrons. The number of piperazine rings is 2. The summed E-state index contributed by atoms with van der Waals surface area (Å²) in [5.41, 5.74) is 2.24. The molecule has 5 atom stereocenters. The first-order valence-corrected chi connectivity index (χ1v) is 21.0. The smallest absolute Gasteiger partial charge is 0.276 e. The van der Waals surface area contributed by atoms with E-state index in [4.69, 9.17) is 9.05 Å². The van der Waals surface area contributed by atoms with Gasteiger partial charge in [-0.1, -0.05) is 81.3 Å². The first-order chi connectivity index (χ1) is 26.9. The van der Waals surface area contributed by atoms with E-state index in [-0.39, 0.29) is 59.4 Å². The van der Waals surface area contributed by atoms with Gasteiger partial charge in [0.2, 0.25) is 11.8 Å². The number of hydrogen-bond donors (Lipinski definition) is 2. The molecule has 14 heteroatoms. The molecule has 2 saturated heterocycles. The average Bonchev–Trinajstić information content (AvgIpc) is 4.00. The molecule has 0 saturated carbocycles. The fourth-order valence-corrected chi connectivity index (χ4v) is 9.15. The third-order valence-electron chi connectivity index (χ3n) is 10.3. The maximum Gasteiger partial charge on any atom is 0.276 e. The van der Waals surface area contributed by atoms with Crippen molar-refractivity contribution < 1.29 is 28.2 Å². The number of thiophene rings is 2. The van der Waals surface area contributed by atoms with Gasteiger partial charge >= 0.3 is 0 Å². The van der Waals surface area contributed by atoms with E-state index in [1.54, 1.807) is 21.9 Å². The molecular formula is C42H48N6O6S2. The average molecular weight is 797 g/mol. The molecule has 1 aromatic carbocycles. The Balaban J connectivity index is 1.06. The highest BCUT2D eigenvalue weighted by molar-refractivity contribution is 7.13. The van der Waals surface area contributed by atoms with Crippen LogP contribution in [0.3, 0.4) is 0 Å². The molecule has 2 aliphatic heterocycles. The molecule has 4 amide bonds. The van der Waals surface area contributed by atoms with Gasteiger partial charge in [-0.2, -0.15) is 0 Å². The minimum Gasteiger partial charge on any atom is -0.355 e. The lowest BCUT2D eigenvalue weighted by atomic mass is 9.89. The molecular weight excluding hydrogens is 749 g/mol. The van der Waals surface area contributed by atoms with Gasteiger partial charge in [-0.15, -0.1) is 22.7 Å². The third-order valence-corrected chi connectivity index (χ3v) is 12.1. The Morgan fingerprint density at radius 1 is 0.732 bits per heavy atom. The molecule has 6 heterocycles. The highest BCUT2D eigenvalue weighted by Crippen LogP contribution is 2.31. The summed E-state index contributed by atoms with van der Waals surface area (Å²) < 4.78 is 11.1. The quantitative estimate of drug-likeness (QED) is 0.125. The fraction of sp³-hybridized carbons (Fsp3) is 0.429. The standard InChI is InChI=1S/C42H48N6O6S2/c1-24(2)15-29-22-47(41(51)30-20-35(53-45-30)37-11-7-13-55-37)34(39(49)43-29)18-26(5)17-27-9-6-10-28(19-27)32-23-48(33(16-25(3)4)40(50)44-32)42(52)31-21-36(54-46-31)38-12-8-14-56-38/h6-14,19-21,24-26,29,32-34H,15-18,22-23H2,1-5H3,(H,43,49)(H,44,50)/t26?,29-,32+,33-,34-/m0/s1. The fourth-order valence-electron chi connectivity index (χ4n) is 7.80. The zero-order valence-corrected chi connectivity index (χ0v) is 33.9. The van der Waals surface area contributed by atoms with Gasteiger partial charge < -0.3 is 29.5 Å². The first kappa shape index (κ1) is 39.2. The van der Waals surface area contributed by atoms with Crippen LogP contribution >= 0.6 is 22.7 Å². The Labute approximate surface area is 334 Å². The first-order valence-electron chi connectivity index (χ1n) is 19.3. The maximum absolute atomic E-state index is 14.0. The molecule has 5 aromatic rings. The Bertz CT molecular complexity index is 2140. The van der Waals surface area contributed by atoms with E-state index >= 15 is 0 Å². The number of nitrogens with one attached hydrogen (secondary N) is 2. The molecule has 12 nitrogen and oxygen atoms in total. The van der Waals surface area contributed by atoms with E-state index < -0.39 is 18.1 Å². The van der Waals surface area contributed by atoms with Crippen LogP contribution in [0.25, 0.3) is 21.3 Å². The molecule has 4 aromatic heterocycles. The molecule has 0 spiro atoms. The van der Waals surface area contributed by atoms with E-state index in [9.17, 15) is 19.2 Å². The number of carbonyl (C=O) groups is 4. The number of nitrogens with zero attached hydrogens (tertiary/aromatic N) is 4. The minimum atomic E-state index is -0.682. The van der Waals surface area contributed by atoms with Crippen molar-refractivity contribution in [1.82, 2.24) is 30.7 Å². The van der Waals surface area contributed by atoms with Crippen LogP contribution in [0.1, 0.15) is 92.0 Å². The second-order valence-corrected chi connectivity index (χ2v) is 17.8. The zero-order chi connectivity index (χ0) is 39.5. The van der Waals surface area contributed by atoms with Gasteiger partial charge in [0.25, 0.3) is 11.8 Å². The van der Waals surface area contributed by atoms with E-state index in [2.05, 4.69) is 47.8 Å². The van der Waals surface area contributed by atoms with Crippen molar-refractivity contribution in [1.29, 1.82) is 0 Å². The number of benzene rings is 1.